The standard InChI is InChI=1S/C8H9BrN2/c1-6-8(4-3-5-9)7(2)11-10-6/h5H2,1-2H3,(H,10,11). The van der Waals surface area contributed by atoms with E-state index in [0.717, 1.165) is 17.0 Å². The van der Waals surface area contributed by atoms with Crippen LogP contribution in [0.25, 0.3) is 0 Å². The van der Waals surface area contributed by atoms with E-state index in [1.165, 1.54) is 0 Å². The van der Waals surface area contributed by atoms with E-state index in [1.807, 2.05) is 13.8 Å². The normalized spacial score (nSPS) is 9.00. The zero-order valence-corrected chi connectivity index (χ0v) is 8.12. The summed E-state index contributed by atoms with van der Waals surface area (Å²) in [6, 6.07) is 0. The van der Waals surface area contributed by atoms with Crippen LogP contribution in [-0.2, 0) is 0 Å². The molecule has 0 aliphatic carbocycles. The van der Waals surface area contributed by atoms with Crippen molar-refractivity contribution >= 4 is 15.9 Å². The summed E-state index contributed by atoms with van der Waals surface area (Å²) in [5.41, 5.74) is 3.02. The first-order valence-corrected chi connectivity index (χ1v) is 4.44. The van der Waals surface area contributed by atoms with Crippen LogP contribution in [0.2, 0.25) is 0 Å². The average Bonchev–Trinajstić information content (AvgIpc) is 2.29. The van der Waals surface area contributed by atoms with Crippen molar-refractivity contribution in [3.63, 3.8) is 0 Å². The van der Waals surface area contributed by atoms with Gasteiger partial charge in [-0.2, -0.15) is 5.10 Å². The Morgan fingerprint density at radius 3 is 2.73 bits per heavy atom. The summed E-state index contributed by atoms with van der Waals surface area (Å²) in [4.78, 5) is 0. The number of alkyl halides is 1. The Labute approximate surface area is 74.5 Å². The van der Waals surface area contributed by atoms with Crippen LogP contribution in [0.3, 0.4) is 0 Å². The molecule has 0 spiro atoms. The van der Waals surface area contributed by atoms with Crippen LogP contribution in [0.4, 0.5) is 0 Å². The zero-order chi connectivity index (χ0) is 8.27. The van der Waals surface area contributed by atoms with E-state index < -0.39 is 0 Å². The highest BCUT2D eigenvalue weighted by Gasteiger charge is 2.00. The van der Waals surface area contributed by atoms with E-state index in [-0.39, 0.29) is 0 Å². The molecule has 0 fully saturated rings. The molecule has 0 unspecified atom stereocenters. The van der Waals surface area contributed by atoms with E-state index in [0.29, 0.717) is 5.33 Å². The third kappa shape index (κ3) is 1.84. The topological polar surface area (TPSA) is 28.7 Å². The Balaban J connectivity index is 3.01. The second kappa shape index (κ2) is 3.59. The summed E-state index contributed by atoms with van der Waals surface area (Å²) >= 11 is 3.24. The average molecular weight is 213 g/mol. The number of nitrogens with one attached hydrogen (secondary N) is 1. The SMILES string of the molecule is Cc1n[nH]c(C)c1C#CCBr. The number of aromatic amines is 1. The lowest BCUT2D eigenvalue weighted by molar-refractivity contribution is 1.02. The minimum absolute atomic E-state index is 0.705. The molecule has 0 bridgehead atoms. The Hall–Kier alpha value is -0.750. The van der Waals surface area contributed by atoms with Gasteiger partial charge in [0.25, 0.3) is 0 Å². The van der Waals surface area contributed by atoms with Gasteiger partial charge in [0.15, 0.2) is 0 Å². The highest BCUT2D eigenvalue weighted by molar-refractivity contribution is 9.09. The number of halogens is 1. The van der Waals surface area contributed by atoms with Crippen molar-refractivity contribution in [2.45, 2.75) is 13.8 Å². The first-order valence-electron chi connectivity index (χ1n) is 3.32. The van der Waals surface area contributed by atoms with E-state index in [4.69, 9.17) is 0 Å². The molecule has 0 amide bonds. The van der Waals surface area contributed by atoms with Crippen molar-refractivity contribution in [3.8, 4) is 11.8 Å². The molecule has 1 aromatic heterocycles. The Kier molecular flexibility index (Phi) is 2.72. The fraction of sp³-hybridized carbons (Fsp3) is 0.375. The molecule has 3 heteroatoms. The number of hydrogen-bond acceptors (Lipinski definition) is 1. The van der Waals surface area contributed by atoms with E-state index >= 15 is 0 Å². The van der Waals surface area contributed by atoms with Crippen molar-refractivity contribution < 1.29 is 0 Å². The van der Waals surface area contributed by atoms with Gasteiger partial charge in [0.05, 0.1) is 16.6 Å². The molecule has 58 valence electrons. The molecular formula is C8H9BrN2. The Bertz CT molecular complexity index is 284. The zero-order valence-electron chi connectivity index (χ0n) is 6.53. The highest BCUT2D eigenvalue weighted by Crippen LogP contribution is 2.06. The summed E-state index contributed by atoms with van der Waals surface area (Å²) in [6.45, 7) is 3.92. The van der Waals surface area contributed by atoms with Crippen LogP contribution in [0.5, 0.6) is 0 Å². The monoisotopic (exact) mass is 212 g/mol. The van der Waals surface area contributed by atoms with Crippen molar-refractivity contribution in [2.24, 2.45) is 0 Å². The second-order valence-electron chi connectivity index (χ2n) is 2.24. The molecule has 1 heterocycles. The first kappa shape index (κ1) is 8.35. The molecule has 0 saturated carbocycles. The summed E-state index contributed by atoms with van der Waals surface area (Å²) < 4.78 is 0. The van der Waals surface area contributed by atoms with Crippen LogP contribution >= 0.6 is 15.9 Å². The first-order chi connectivity index (χ1) is 5.25. The van der Waals surface area contributed by atoms with Gasteiger partial charge in [-0.1, -0.05) is 27.8 Å². The van der Waals surface area contributed by atoms with Gasteiger partial charge in [0, 0.05) is 5.69 Å². The maximum Gasteiger partial charge on any atom is 0.0750 e. The molecule has 0 radical (unpaired) electrons. The van der Waals surface area contributed by atoms with Crippen LogP contribution < -0.4 is 0 Å². The van der Waals surface area contributed by atoms with Gasteiger partial charge in [0.2, 0.25) is 0 Å². The summed E-state index contributed by atoms with van der Waals surface area (Å²) in [6.07, 6.45) is 0. The molecule has 0 aliphatic heterocycles. The Morgan fingerprint density at radius 2 is 2.27 bits per heavy atom. The Morgan fingerprint density at radius 1 is 1.55 bits per heavy atom. The molecular weight excluding hydrogens is 204 g/mol. The van der Waals surface area contributed by atoms with E-state index in [2.05, 4.69) is 38.0 Å². The minimum Gasteiger partial charge on any atom is -0.281 e. The molecule has 2 nitrogen and oxygen atoms in total. The molecule has 0 atom stereocenters. The molecule has 0 saturated heterocycles. The fourth-order valence-electron chi connectivity index (χ4n) is 0.857. The fourth-order valence-corrected chi connectivity index (χ4v) is 0.997. The lowest BCUT2D eigenvalue weighted by Crippen LogP contribution is -1.78. The predicted molar refractivity (Wildman–Crippen MR) is 48.7 cm³/mol. The molecule has 1 aromatic rings. The van der Waals surface area contributed by atoms with Crippen LogP contribution in [0, 0.1) is 25.7 Å². The van der Waals surface area contributed by atoms with Crippen molar-refractivity contribution in [3.05, 3.63) is 17.0 Å². The van der Waals surface area contributed by atoms with Crippen molar-refractivity contribution in [2.75, 3.05) is 5.33 Å². The van der Waals surface area contributed by atoms with Crippen LogP contribution in [0.1, 0.15) is 17.0 Å². The predicted octanol–water partition coefficient (Wildman–Crippen LogP) is 1.77. The summed E-state index contributed by atoms with van der Waals surface area (Å²) in [7, 11) is 0. The highest BCUT2D eigenvalue weighted by atomic mass is 79.9. The van der Waals surface area contributed by atoms with Crippen molar-refractivity contribution in [1.82, 2.24) is 10.2 Å². The number of nitrogens with zero attached hydrogens (tertiary/aromatic N) is 1. The number of hydrogen-bond donors (Lipinski definition) is 1. The lowest BCUT2D eigenvalue weighted by atomic mass is 10.2. The molecule has 11 heavy (non-hydrogen) atoms. The largest absolute Gasteiger partial charge is 0.281 e. The van der Waals surface area contributed by atoms with Crippen LogP contribution in [-0.4, -0.2) is 15.5 Å². The maximum atomic E-state index is 4.03. The second-order valence-corrected chi connectivity index (χ2v) is 2.81. The maximum absolute atomic E-state index is 4.03. The lowest BCUT2D eigenvalue weighted by Gasteiger charge is -1.85. The number of aromatic nitrogens is 2. The molecule has 1 rings (SSSR count). The van der Waals surface area contributed by atoms with Gasteiger partial charge >= 0.3 is 0 Å². The van der Waals surface area contributed by atoms with Crippen molar-refractivity contribution in [1.29, 1.82) is 0 Å². The van der Waals surface area contributed by atoms with Gasteiger partial charge in [-0.25, -0.2) is 0 Å². The third-order valence-electron chi connectivity index (χ3n) is 1.41. The van der Waals surface area contributed by atoms with E-state index in [1.54, 1.807) is 0 Å². The smallest absolute Gasteiger partial charge is 0.0750 e. The quantitative estimate of drug-likeness (QED) is 0.516. The summed E-state index contributed by atoms with van der Waals surface area (Å²) in [5, 5.41) is 7.61. The molecule has 1 N–H and O–H groups in total. The minimum atomic E-state index is 0.705. The number of aryl methyl sites for hydroxylation is 2. The van der Waals surface area contributed by atoms with Gasteiger partial charge in [-0.15, -0.1) is 0 Å². The third-order valence-corrected chi connectivity index (χ3v) is 1.69. The van der Waals surface area contributed by atoms with E-state index in [9.17, 15) is 0 Å². The van der Waals surface area contributed by atoms with Gasteiger partial charge in [-0.05, 0) is 13.8 Å². The van der Waals surface area contributed by atoms with Gasteiger partial charge in [0.1, 0.15) is 0 Å². The summed E-state index contributed by atoms with van der Waals surface area (Å²) in [5.74, 6) is 5.96. The molecule has 0 aromatic carbocycles. The van der Waals surface area contributed by atoms with Crippen LogP contribution in [0.15, 0.2) is 0 Å². The number of rotatable bonds is 0. The van der Waals surface area contributed by atoms with Gasteiger partial charge in [-0.3, -0.25) is 5.10 Å². The molecule has 0 aliphatic rings. The number of H-pyrrole nitrogens is 1. The van der Waals surface area contributed by atoms with Gasteiger partial charge < -0.3 is 0 Å².